The minimum Gasteiger partial charge on any atom is -0.386 e. The fourth-order valence-electron chi connectivity index (χ4n) is 1.53. The Labute approximate surface area is 99.7 Å². The molecule has 1 heterocycles. The minimum absolute atomic E-state index is 0.601. The molecule has 0 atom stereocenters. The molecule has 1 N–H and O–H groups in total. The molecule has 0 bridgehead atoms. The van der Waals surface area contributed by atoms with Crippen molar-refractivity contribution in [1.29, 1.82) is 0 Å². The lowest BCUT2D eigenvalue weighted by Crippen LogP contribution is -2.34. The molecule has 0 spiro atoms. The summed E-state index contributed by atoms with van der Waals surface area (Å²) in [5.41, 5.74) is 2.89. The standard InChI is InChI=1S/C12H12ClN3/c1-14-10-8-11(13)16(2)15-12(10)9-6-4-3-5-7-9/h3-8H,1-2H3/p+1. The Balaban J connectivity index is 2.60. The predicted molar refractivity (Wildman–Crippen MR) is 65.4 cm³/mol. The van der Waals surface area contributed by atoms with E-state index in [9.17, 15) is 0 Å². The normalized spacial score (nSPS) is 10.2. The zero-order valence-electron chi connectivity index (χ0n) is 9.24. The van der Waals surface area contributed by atoms with Crippen LogP contribution in [0.5, 0.6) is 0 Å². The number of anilines is 1. The molecule has 0 fully saturated rings. The summed E-state index contributed by atoms with van der Waals surface area (Å²) in [4.78, 5) is 0. The average Bonchev–Trinajstić information content (AvgIpc) is 2.33. The van der Waals surface area contributed by atoms with Crippen molar-refractivity contribution in [2.75, 3.05) is 12.4 Å². The second-order valence-electron chi connectivity index (χ2n) is 3.47. The van der Waals surface area contributed by atoms with Gasteiger partial charge in [0.1, 0.15) is 0 Å². The molecule has 0 unspecified atom stereocenters. The van der Waals surface area contributed by atoms with Crippen molar-refractivity contribution in [2.24, 2.45) is 7.05 Å². The summed E-state index contributed by atoms with van der Waals surface area (Å²) in [5, 5.41) is 8.14. The van der Waals surface area contributed by atoms with E-state index in [2.05, 4.69) is 10.4 Å². The number of aromatic nitrogens is 2. The number of nitrogens with zero attached hydrogens (tertiary/aromatic N) is 2. The third-order valence-electron chi connectivity index (χ3n) is 2.39. The van der Waals surface area contributed by atoms with Crippen LogP contribution in [0.15, 0.2) is 36.4 Å². The first-order valence-electron chi connectivity index (χ1n) is 5.02. The van der Waals surface area contributed by atoms with E-state index in [1.165, 1.54) is 0 Å². The maximum atomic E-state index is 6.01. The van der Waals surface area contributed by atoms with E-state index in [0.29, 0.717) is 5.15 Å². The van der Waals surface area contributed by atoms with Gasteiger partial charge in [0.2, 0.25) is 0 Å². The summed E-state index contributed by atoms with van der Waals surface area (Å²) >= 11 is 6.01. The molecule has 82 valence electrons. The van der Waals surface area contributed by atoms with Crippen molar-refractivity contribution in [3.8, 4) is 11.3 Å². The van der Waals surface area contributed by atoms with Crippen LogP contribution in [-0.4, -0.2) is 12.1 Å². The first-order valence-corrected chi connectivity index (χ1v) is 5.40. The van der Waals surface area contributed by atoms with Gasteiger partial charge in [0.05, 0.1) is 11.8 Å². The van der Waals surface area contributed by atoms with Crippen molar-refractivity contribution in [3.63, 3.8) is 0 Å². The van der Waals surface area contributed by atoms with Crippen molar-refractivity contribution < 1.29 is 4.68 Å². The Kier molecular flexibility index (Phi) is 3.06. The molecule has 0 aliphatic carbocycles. The number of hydrogen-bond donors (Lipinski definition) is 1. The number of rotatable bonds is 2. The summed E-state index contributed by atoms with van der Waals surface area (Å²) in [7, 11) is 3.69. The lowest BCUT2D eigenvalue weighted by Gasteiger charge is -2.05. The summed E-state index contributed by atoms with van der Waals surface area (Å²) in [6.07, 6.45) is 0. The molecule has 0 aliphatic rings. The van der Waals surface area contributed by atoms with Gasteiger partial charge in [-0.2, -0.15) is 0 Å². The summed E-state index contributed by atoms with van der Waals surface area (Å²) in [5.74, 6) is 0. The van der Waals surface area contributed by atoms with Crippen LogP contribution in [0.25, 0.3) is 11.3 Å². The molecule has 16 heavy (non-hydrogen) atoms. The van der Waals surface area contributed by atoms with Gasteiger partial charge in [-0.1, -0.05) is 35.0 Å². The van der Waals surface area contributed by atoms with E-state index >= 15 is 0 Å². The van der Waals surface area contributed by atoms with E-state index in [-0.39, 0.29) is 0 Å². The predicted octanol–water partition coefficient (Wildman–Crippen LogP) is 2.27. The van der Waals surface area contributed by atoms with Gasteiger partial charge >= 0.3 is 5.15 Å². The van der Waals surface area contributed by atoms with Crippen LogP contribution >= 0.6 is 11.6 Å². The maximum absolute atomic E-state index is 6.01. The molecule has 0 aliphatic heterocycles. The van der Waals surface area contributed by atoms with Crippen LogP contribution < -0.4 is 10.00 Å². The van der Waals surface area contributed by atoms with Crippen LogP contribution in [0.2, 0.25) is 5.15 Å². The zero-order valence-corrected chi connectivity index (χ0v) is 9.99. The van der Waals surface area contributed by atoms with Crippen molar-refractivity contribution >= 4 is 17.3 Å². The Morgan fingerprint density at radius 2 is 1.94 bits per heavy atom. The molecule has 4 heteroatoms. The molecule has 3 nitrogen and oxygen atoms in total. The van der Waals surface area contributed by atoms with Gasteiger partial charge in [-0.25, -0.2) is 0 Å². The Hall–Kier alpha value is -1.61. The van der Waals surface area contributed by atoms with E-state index in [0.717, 1.165) is 16.9 Å². The van der Waals surface area contributed by atoms with Gasteiger partial charge in [-0.05, 0) is 11.6 Å². The van der Waals surface area contributed by atoms with Gasteiger partial charge in [-0.3, -0.25) is 0 Å². The number of nitrogens with one attached hydrogen (secondary N) is 1. The van der Waals surface area contributed by atoms with Gasteiger partial charge in [0, 0.05) is 17.7 Å². The van der Waals surface area contributed by atoms with Gasteiger partial charge in [0.15, 0.2) is 12.7 Å². The van der Waals surface area contributed by atoms with Crippen molar-refractivity contribution in [1.82, 2.24) is 5.10 Å². The highest BCUT2D eigenvalue weighted by atomic mass is 35.5. The summed E-state index contributed by atoms with van der Waals surface area (Å²) < 4.78 is 1.66. The third kappa shape index (κ3) is 1.99. The molecule has 1 aromatic heterocycles. The van der Waals surface area contributed by atoms with E-state index in [1.807, 2.05) is 50.5 Å². The van der Waals surface area contributed by atoms with Crippen LogP contribution in [0.3, 0.4) is 0 Å². The number of halogens is 1. The number of benzene rings is 1. The average molecular weight is 235 g/mol. The second kappa shape index (κ2) is 4.49. The molecular weight excluding hydrogens is 222 g/mol. The lowest BCUT2D eigenvalue weighted by molar-refractivity contribution is -0.727. The molecule has 0 saturated carbocycles. The highest BCUT2D eigenvalue weighted by molar-refractivity contribution is 6.28. The van der Waals surface area contributed by atoms with E-state index < -0.39 is 0 Å². The molecule has 2 aromatic rings. The lowest BCUT2D eigenvalue weighted by atomic mass is 10.1. The first kappa shape index (κ1) is 10.9. The Bertz CT molecular complexity index is 497. The maximum Gasteiger partial charge on any atom is 0.302 e. The molecule has 0 amide bonds. The molecule has 2 rings (SSSR count). The van der Waals surface area contributed by atoms with E-state index in [4.69, 9.17) is 11.6 Å². The highest BCUT2D eigenvalue weighted by Crippen LogP contribution is 2.25. The fraction of sp³-hybridized carbons (Fsp3) is 0.167. The molecule has 1 aromatic carbocycles. The number of hydrogen-bond acceptors (Lipinski definition) is 2. The Morgan fingerprint density at radius 3 is 2.56 bits per heavy atom. The molecule has 0 radical (unpaired) electrons. The van der Waals surface area contributed by atoms with Crippen LogP contribution in [0, 0.1) is 0 Å². The quantitative estimate of drug-likeness (QED) is 0.808. The molecular formula is C12H13ClN3+. The minimum atomic E-state index is 0.601. The topological polar surface area (TPSA) is 28.8 Å². The second-order valence-corrected chi connectivity index (χ2v) is 3.86. The van der Waals surface area contributed by atoms with Crippen molar-refractivity contribution in [3.05, 3.63) is 41.6 Å². The van der Waals surface area contributed by atoms with Crippen LogP contribution in [0.4, 0.5) is 5.69 Å². The zero-order chi connectivity index (χ0) is 11.5. The summed E-state index contributed by atoms with van der Waals surface area (Å²) in [6, 6.07) is 11.9. The monoisotopic (exact) mass is 234 g/mol. The smallest absolute Gasteiger partial charge is 0.302 e. The Morgan fingerprint density at radius 1 is 1.25 bits per heavy atom. The fourth-order valence-corrected chi connectivity index (χ4v) is 1.68. The third-order valence-corrected chi connectivity index (χ3v) is 2.75. The van der Waals surface area contributed by atoms with Gasteiger partial charge < -0.3 is 5.32 Å². The van der Waals surface area contributed by atoms with Crippen molar-refractivity contribution in [2.45, 2.75) is 0 Å². The van der Waals surface area contributed by atoms with E-state index in [1.54, 1.807) is 4.68 Å². The molecule has 0 saturated heterocycles. The summed E-state index contributed by atoms with van der Waals surface area (Å²) in [6.45, 7) is 0. The SMILES string of the molecule is CNc1cc(Cl)[n+](C)nc1-c1ccccc1. The van der Waals surface area contributed by atoms with Crippen LogP contribution in [-0.2, 0) is 7.05 Å². The largest absolute Gasteiger partial charge is 0.386 e. The van der Waals surface area contributed by atoms with Crippen LogP contribution in [0.1, 0.15) is 0 Å². The highest BCUT2D eigenvalue weighted by Gasteiger charge is 2.14. The first-order chi connectivity index (χ1) is 7.72. The van der Waals surface area contributed by atoms with Gasteiger partial charge in [0.25, 0.3) is 0 Å². The number of aryl methyl sites for hydroxylation is 1. The van der Waals surface area contributed by atoms with Gasteiger partial charge in [-0.15, -0.1) is 0 Å².